The van der Waals surface area contributed by atoms with Crippen molar-refractivity contribution in [2.45, 2.75) is 66.6 Å². The monoisotopic (exact) mass is 472 g/mol. The summed E-state index contributed by atoms with van der Waals surface area (Å²) in [7, 11) is 0. The maximum absolute atomic E-state index is 11.6. The SMILES string of the molecule is NCCOCC(O)(C1O[C@@H](CO)[C@@H](O)[C@H](O)[C@@H]1O)[C@H]1O[C@H](CO)[C@@H](O)[C@H](O)[C@@H]1OC(N)=O. The minimum absolute atomic E-state index is 0.0120. The van der Waals surface area contributed by atoms with E-state index in [0.29, 0.717) is 0 Å². The van der Waals surface area contributed by atoms with Gasteiger partial charge in [0.2, 0.25) is 0 Å². The number of nitrogens with two attached hydrogens (primary N) is 2. The van der Waals surface area contributed by atoms with E-state index in [1.54, 1.807) is 0 Å². The van der Waals surface area contributed by atoms with E-state index >= 15 is 0 Å². The summed E-state index contributed by atoms with van der Waals surface area (Å²) in [6, 6.07) is 0. The molecule has 0 saturated carbocycles. The molecule has 0 aromatic rings. The fourth-order valence-electron chi connectivity index (χ4n) is 3.92. The van der Waals surface area contributed by atoms with Gasteiger partial charge in [0.15, 0.2) is 6.10 Å². The van der Waals surface area contributed by atoms with Crippen LogP contribution in [0.15, 0.2) is 0 Å². The first-order chi connectivity index (χ1) is 15.0. The first kappa shape index (κ1) is 27.0. The average molecular weight is 472 g/mol. The largest absolute Gasteiger partial charge is 0.441 e. The van der Waals surface area contributed by atoms with Crippen LogP contribution in [0.25, 0.3) is 0 Å². The normalized spacial score (nSPS) is 42.3. The Morgan fingerprint density at radius 2 is 1.41 bits per heavy atom. The average Bonchev–Trinajstić information content (AvgIpc) is 2.75. The molecule has 2 unspecified atom stereocenters. The van der Waals surface area contributed by atoms with Gasteiger partial charge in [-0.15, -0.1) is 0 Å². The first-order valence-electron chi connectivity index (χ1n) is 9.92. The molecule has 32 heavy (non-hydrogen) atoms. The number of primary amides is 1. The molecule has 0 spiro atoms. The molecular weight excluding hydrogens is 440 g/mol. The minimum Gasteiger partial charge on any atom is -0.441 e. The van der Waals surface area contributed by atoms with Crippen LogP contribution in [-0.4, -0.2) is 147 Å². The van der Waals surface area contributed by atoms with Crippen LogP contribution in [0.1, 0.15) is 0 Å². The van der Waals surface area contributed by atoms with Crippen LogP contribution in [0.3, 0.4) is 0 Å². The van der Waals surface area contributed by atoms with Crippen molar-refractivity contribution in [3.63, 3.8) is 0 Å². The van der Waals surface area contributed by atoms with Crippen molar-refractivity contribution >= 4 is 6.09 Å². The van der Waals surface area contributed by atoms with E-state index < -0.39 is 92.6 Å². The van der Waals surface area contributed by atoms with Crippen LogP contribution in [-0.2, 0) is 18.9 Å². The second-order valence-corrected chi connectivity index (χ2v) is 7.74. The topological polar surface area (TPSA) is 268 Å². The number of rotatable bonds is 9. The van der Waals surface area contributed by atoms with Gasteiger partial charge in [0.05, 0.1) is 26.4 Å². The van der Waals surface area contributed by atoms with Gasteiger partial charge in [-0.25, -0.2) is 4.79 Å². The Morgan fingerprint density at radius 1 is 0.875 bits per heavy atom. The molecule has 188 valence electrons. The molecule has 11 atom stereocenters. The third-order valence-electron chi connectivity index (χ3n) is 5.59. The van der Waals surface area contributed by atoms with Gasteiger partial charge < -0.3 is 71.3 Å². The molecule has 0 aromatic heterocycles. The molecule has 2 heterocycles. The lowest BCUT2D eigenvalue weighted by Crippen LogP contribution is -2.75. The number of carbonyl (C=O) groups excluding carboxylic acids is 1. The van der Waals surface area contributed by atoms with Crippen LogP contribution >= 0.6 is 0 Å². The summed E-state index contributed by atoms with van der Waals surface area (Å²) in [5, 5.41) is 82.0. The molecule has 2 rings (SSSR count). The lowest BCUT2D eigenvalue weighted by molar-refractivity contribution is -0.329. The van der Waals surface area contributed by atoms with Crippen molar-refractivity contribution in [1.82, 2.24) is 0 Å². The van der Waals surface area contributed by atoms with Crippen LogP contribution in [0, 0.1) is 0 Å². The molecule has 0 aromatic carbocycles. The molecule has 0 radical (unpaired) electrons. The van der Waals surface area contributed by atoms with Crippen LogP contribution in [0.5, 0.6) is 0 Å². The molecule has 0 bridgehead atoms. The number of ether oxygens (including phenoxy) is 4. The predicted molar refractivity (Wildman–Crippen MR) is 101 cm³/mol. The van der Waals surface area contributed by atoms with E-state index in [9.17, 15) is 45.6 Å². The Morgan fingerprint density at radius 3 is 1.91 bits per heavy atom. The number of hydrogen-bond acceptors (Lipinski definition) is 14. The maximum Gasteiger partial charge on any atom is 0.404 e. The molecular formula is C17H32N2O13. The molecule has 2 aliphatic rings. The van der Waals surface area contributed by atoms with Crippen molar-refractivity contribution in [1.29, 1.82) is 0 Å². The molecule has 15 nitrogen and oxygen atoms in total. The number of aliphatic hydroxyl groups is 8. The zero-order valence-electron chi connectivity index (χ0n) is 17.1. The summed E-state index contributed by atoms with van der Waals surface area (Å²) < 4.78 is 21.1. The highest BCUT2D eigenvalue weighted by Gasteiger charge is 2.62. The molecule has 1 amide bonds. The van der Waals surface area contributed by atoms with Crippen molar-refractivity contribution < 1.29 is 64.6 Å². The fraction of sp³-hybridized carbons (Fsp3) is 0.941. The summed E-state index contributed by atoms with van der Waals surface area (Å²) in [5.74, 6) is 0. The lowest BCUT2D eigenvalue weighted by Gasteiger charge is -2.53. The fourth-order valence-corrected chi connectivity index (χ4v) is 3.92. The third kappa shape index (κ3) is 5.30. The van der Waals surface area contributed by atoms with Gasteiger partial charge in [0, 0.05) is 6.54 Å². The Balaban J connectivity index is 2.52. The highest BCUT2D eigenvalue weighted by atomic mass is 16.6. The highest BCUT2D eigenvalue weighted by Crippen LogP contribution is 2.38. The molecule has 15 heteroatoms. The second-order valence-electron chi connectivity index (χ2n) is 7.74. The molecule has 2 aliphatic heterocycles. The van der Waals surface area contributed by atoms with E-state index in [1.165, 1.54) is 0 Å². The molecule has 2 fully saturated rings. The predicted octanol–water partition coefficient (Wildman–Crippen LogP) is -6.52. The summed E-state index contributed by atoms with van der Waals surface area (Å²) in [6.45, 7) is -2.47. The summed E-state index contributed by atoms with van der Waals surface area (Å²) in [4.78, 5) is 11.4. The Bertz CT molecular complexity index is 613. The summed E-state index contributed by atoms with van der Waals surface area (Å²) >= 11 is 0. The van der Waals surface area contributed by atoms with Crippen LogP contribution in [0.4, 0.5) is 4.79 Å². The zero-order valence-corrected chi connectivity index (χ0v) is 17.1. The van der Waals surface area contributed by atoms with Gasteiger partial charge in [-0.2, -0.15) is 0 Å². The van der Waals surface area contributed by atoms with Crippen LogP contribution in [0.2, 0.25) is 0 Å². The van der Waals surface area contributed by atoms with E-state index in [4.69, 9.17) is 30.4 Å². The van der Waals surface area contributed by atoms with Gasteiger partial charge in [0.1, 0.15) is 60.5 Å². The van der Waals surface area contributed by atoms with Gasteiger partial charge in [-0.05, 0) is 0 Å². The highest BCUT2D eigenvalue weighted by molar-refractivity contribution is 5.65. The van der Waals surface area contributed by atoms with Gasteiger partial charge >= 0.3 is 6.09 Å². The summed E-state index contributed by atoms with van der Waals surface area (Å²) in [5.41, 5.74) is 7.87. The lowest BCUT2D eigenvalue weighted by atomic mass is 9.77. The Kier molecular flexibility index (Phi) is 9.53. The van der Waals surface area contributed by atoms with Crippen molar-refractivity contribution in [2.75, 3.05) is 33.0 Å². The van der Waals surface area contributed by atoms with Gasteiger partial charge in [0.25, 0.3) is 0 Å². The number of hydrogen-bond donors (Lipinski definition) is 10. The second kappa shape index (κ2) is 11.3. The van der Waals surface area contributed by atoms with E-state index in [2.05, 4.69) is 0 Å². The van der Waals surface area contributed by atoms with Crippen molar-refractivity contribution in [3.8, 4) is 0 Å². The standard InChI is InChI=1S/C17H32N2O13/c18-1-2-29-5-17(28,14-12(26)10(24)8(22)6(3-20)30-14)15-13(32-16(19)27)11(25)9(23)7(4-21)31-15/h6-15,20-26,28H,1-5,18H2,(H2,19,27)/t6-,7+,8+,9+,10-,11-,12-,13-,14?,15-,17?/m0/s1. The van der Waals surface area contributed by atoms with E-state index in [1.807, 2.05) is 0 Å². The first-order valence-corrected chi connectivity index (χ1v) is 9.92. The quantitative estimate of drug-likeness (QED) is 0.140. The smallest absolute Gasteiger partial charge is 0.404 e. The zero-order chi connectivity index (χ0) is 24.2. The van der Waals surface area contributed by atoms with Crippen LogP contribution < -0.4 is 11.5 Å². The molecule has 0 aliphatic carbocycles. The molecule has 2 saturated heterocycles. The maximum atomic E-state index is 11.6. The number of aliphatic hydroxyl groups excluding tert-OH is 7. The Hall–Kier alpha value is -1.21. The number of amides is 1. The summed E-state index contributed by atoms with van der Waals surface area (Å²) in [6.07, 6.45) is -19.1. The third-order valence-corrected chi connectivity index (χ3v) is 5.59. The van der Waals surface area contributed by atoms with Crippen molar-refractivity contribution in [2.24, 2.45) is 11.5 Å². The minimum atomic E-state index is -2.56. The number of carbonyl (C=O) groups is 1. The van der Waals surface area contributed by atoms with Gasteiger partial charge in [-0.3, -0.25) is 0 Å². The van der Waals surface area contributed by atoms with Gasteiger partial charge in [-0.1, -0.05) is 0 Å². The van der Waals surface area contributed by atoms with Crippen molar-refractivity contribution in [3.05, 3.63) is 0 Å². The van der Waals surface area contributed by atoms with E-state index in [-0.39, 0.29) is 13.2 Å². The molecule has 12 N–H and O–H groups in total. The van der Waals surface area contributed by atoms with E-state index in [0.717, 1.165) is 0 Å². The Labute approximate surface area is 182 Å².